The second-order valence-corrected chi connectivity index (χ2v) is 17.3. The van der Waals surface area contributed by atoms with Crippen molar-refractivity contribution in [2.75, 3.05) is 41.3 Å². The molecule has 0 saturated carbocycles. The molecule has 0 spiro atoms. The Hall–Kier alpha value is -3.20. The summed E-state index contributed by atoms with van der Waals surface area (Å²) < 4.78 is 66.3. The molecule has 1 aromatic heterocycles. The third-order valence-electron chi connectivity index (χ3n) is 8.62. The fourth-order valence-electron chi connectivity index (χ4n) is 5.70. The Morgan fingerprint density at radius 3 is 2.31 bits per heavy atom. The summed E-state index contributed by atoms with van der Waals surface area (Å²) in [4.78, 5) is 16.3. The van der Waals surface area contributed by atoms with Crippen LogP contribution in [0.1, 0.15) is 50.4 Å². The van der Waals surface area contributed by atoms with Crippen LogP contribution in [-0.2, 0) is 26.0 Å². The Morgan fingerprint density at radius 2 is 1.75 bits per heavy atom. The van der Waals surface area contributed by atoms with Crippen molar-refractivity contribution < 1.29 is 36.3 Å². The van der Waals surface area contributed by atoms with Crippen LogP contribution in [-0.4, -0.2) is 85.2 Å². The van der Waals surface area contributed by atoms with E-state index in [2.05, 4.69) is 4.98 Å². The largest absolute Gasteiger partial charge is 0.495 e. The van der Waals surface area contributed by atoms with E-state index in [1.165, 1.54) is 19.2 Å². The summed E-state index contributed by atoms with van der Waals surface area (Å²) in [5.74, 6) is -2.10. The van der Waals surface area contributed by atoms with Crippen LogP contribution in [0.4, 0.5) is 8.78 Å². The Kier molecular flexibility index (Phi) is 12.9. The molecule has 1 N–H and O–H groups in total. The number of sulfonamides is 1. The smallest absolute Gasteiger partial charge is 0.322 e. The van der Waals surface area contributed by atoms with E-state index in [1.54, 1.807) is 31.3 Å². The lowest BCUT2D eigenvalue weighted by atomic mass is 9.81. The average molecular weight is 785 g/mol. The molecule has 15 heteroatoms. The summed E-state index contributed by atoms with van der Waals surface area (Å²) in [6.07, 6.45) is 2.11. The van der Waals surface area contributed by atoms with Gasteiger partial charge in [-0.2, -0.15) is 4.31 Å². The fourth-order valence-corrected chi connectivity index (χ4v) is 9.07. The number of halogens is 4. The molecule has 3 aromatic carbocycles. The quantitative estimate of drug-likeness (QED) is 0.0907. The van der Waals surface area contributed by atoms with Crippen molar-refractivity contribution in [3.63, 3.8) is 0 Å². The lowest BCUT2D eigenvalue weighted by molar-refractivity contribution is -0.870. The summed E-state index contributed by atoms with van der Waals surface area (Å²) >= 11 is 14.0. The predicted octanol–water partition coefficient (Wildman–Crippen LogP) is 8.03. The number of hydrogen-bond donors (Lipinski definition) is 1. The van der Waals surface area contributed by atoms with Gasteiger partial charge in [-0.3, -0.25) is 9.36 Å². The molecular formula is C36H43Cl2F2N4O5S2+. The minimum absolute atomic E-state index is 0.0228. The molecule has 276 valence electrons. The van der Waals surface area contributed by atoms with Crippen LogP contribution >= 0.6 is 35.0 Å². The van der Waals surface area contributed by atoms with E-state index < -0.39 is 44.0 Å². The summed E-state index contributed by atoms with van der Waals surface area (Å²) in [7, 11) is 2.93. The first-order valence-corrected chi connectivity index (χ1v) is 19.3. The molecule has 0 amide bonds. The summed E-state index contributed by atoms with van der Waals surface area (Å²) in [5, 5.41) is 10.6. The number of carboxylic acid groups (broad SMARTS) is 1. The zero-order chi connectivity index (χ0) is 37.9. The van der Waals surface area contributed by atoms with Crippen LogP contribution in [0.15, 0.2) is 70.8 Å². The molecule has 0 saturated heterocycles. The number of rotatable bonds is 16. The number of aliphatic carboxylic acids is 1. The van der Waals surface area contributed by atoms with Crippen LogP contribution < -0.4 is 4.74 Å². The van der Waals surface area contributed by atoms with Crippen molar-refractivity contribution in [1.29, 1.82) is 0 Å². The van der Waals surface area contributed by atoms with E-state index in [0.717, 1.165) is 39.5 Å². The van der Waals surface area contributed by atoms with E-state index in [1.807, 2.05) is 51.7 Å². The van der Waals surface area contributed by atoms with E-state index in [4.69, 9.17) is 27.9 Å². The standard InChI is InChI=1S/C36H42Cl2F2N4O5S2/c1-8-31(34(45)46)42(16-9-17-44(4,5)6)51(47,48)26-19-29(38)27(30(40)20-26)22-50-35-41-21-33(43(35)25-13-11-24(39)12-14-25)36(2,3)23-10-15-28(37)32(18-23)49-7/h10-15,18-21,31H,8-9,16-17,22H2,1-7H3/p+1/t31-/m1/s1. The maximum absolute atomic E-state index is 15.9. The van der Waals surface area contributed by atoms with E-state index in [9.17, 15) is 22.7 Å². The van der Waals surface area contributed by atoms with E-state index >= 15 is 4.39 Å². The van der Waals surface area contributed by atoms with Gasteiger partial charge < -0.3 is 14.3 Å². The topological polar surface area (TPSA) is 102 Å². The van der Waals surface area contributed by atoms with Crippen molar-refractivity contribution in [3.05, 3.63) is 99.3 Å². The maximum atomic E-state index is 15.9. The van der Waals surface area contributed by atoms with Gasteiger partial charge in [0, 0.05) is 40.4 Å². The molecule has 0 radical (unpaired) electrons. The molecular weight excluding hydrogens is 741 g/mol. The Balaban J connectivity index is 1.71. The first-order chi connectivity index (χ1) is 23.8. The number of quaternary nitrogens is 1. The van der Waals surface area contributed by atoms with Gasteiger partial charge in [0.15, 0.2) is 5.16 Å². The van der Waals surface area contributed by atoms with Crippen LogP contribution in [0, 0.1) is 11.6 Å². The Morgan fingerprint density at radius 1 is 1.08 bits per heavy atom. The van der Waals surface area contributed by atoms with Gasteiger partial charge >= 0.3 is 5.97 Å². The number of carboxylic acids is 1. The number of benzene rings is 3. The number of thioether (sulfide) groups is 1. The van der Waals surface area contributed by atoms with Gasteiger partial charge in [0.2, 0.25) is 10.0 Å². The lowest BCUT2D eigenvalue weighted by Crippen LogP contribution is -2.46. The van der Waals surface area contributed by atoms with E-state index in [0.29, 0.717) is 39.1 Å². The minimum Gasteiger partial charge on any atom is -0.495 e. The predicted molar refractivity (Wildman–Crippen MR) is 198 cm³/mol. The van der Waals surface area contributed by atoms with Crippen molar-refractivity contribution in [3.8, 4) is 11.4 Å². The zero-order valence-corrected chi connectivity index (χ0v) is 32.7. The summed E-state index contributed by atoms with van der Waals surface area (Å²) in [6, 6.07) is 12.1. The number of hydrogen-bond acceptors (Lipinski definition) is 6. The minimum atomic E-state index is -4.45. The molecule has 9 nitrogen and oxygen atoms in total. The number of nitrogens with zero attached hydrogens (tertiary/aromatic N) is 4. The molecule has 0 aliphatic carbocycles. The molecule has 0 unspecified atom stereocenters. The molecule has 0 aliphatic heterocycles. The number of carbonyl (C=O) groups is 1. The lowest BCUT2D eigenvalue weighted by Gasteiger charge is -2.30. The van der Waals surface area contributed by atoms with Gasteiger partial charge in [-0.25, -0.2) is 22.2 Å². The van der Waals surface area contributed by atoms with Gasteiger partial charge in [0.25, 0.3) is 0 Å². The fraction of sp³-hybridized carbons (Fsp3) is 0.389. The van der Waals surface area contributed by atoms with Crippen molar-refractivity contribution in [1.82, 2.24) is 13.9 Å². The second kappa shape index (κ2) is 16.2. The van der Waals surface area contributed by atoms with Gasteiger partial charge in [0.05, 0.1) is 56.6 Å². The number of ether oxygens (including phenoxy) is 1. The molecule has 1 atom stereocenters. The first kappa shape index (κ1) is 40.6. The molecule has 0 aliphatic rings. The number of aromatic nitrogens is 2. The van der Waals surface area contributed by atoms with Crippen molar-refractivity contribution in [2.45, 2.75) is 60.9 Å². The highest BCUT2D eigenvalue weighted by atomic mass is 35.5. The van der Waals surface area contributed by atoms with Gasteiger partial charge in [-0.05, 0) is 60.5 Å². The normalized spacial score (nSPS) is 13.1. The third-order valence-corrected chi connectivity index (χ3v) is 12.1. The molecule has 51 heavy (non-hydrogen) atoms. The highest BCUT2D eigenvalue weighted by molar-refractivity contribution is 7.98. The first-order valence-electron chi connectivity index (χ1n) is 16.2. The Labute approximate surface area is 312 Å². The second-order valence-electron chi connectivity index (χ2n) is 13.6. The Bertz CT molecular complexity index is 1960. The molecule has 4 rings (SSSR count). The van der Waals surface area contributed by atoms with Gasteiger partial charge in [-0.1, -0.05) is 61.8 Å². The van der Waals surface area contributed by atoms with Crippen molar-refractivity contribution >= 4 is 51.0 Å². The monoisotopic (exact) mass is 783 g/mol. The van der Waals surface area contributed by atoms with Crippen LogP contribution in [0.2, 0.25) is 10.0 Å². The average Bonchev–Trinajstić information content (AvgIpc) is 3.48. The molecule has 1 heterocycles. The SMILES string of the molecule is CC[C@H](C(=O)O)N(CCC[N+](C)(C)C)S(=O)(=O)c1cc(F)c(CSc2ncc(C(C)(C)c3ccc(Cl)c(OC)c3)n2-c2ccc(F)cc2)c(Cl)c1. The highest BCUT2D eigenvalue weighted by Crippen LogP contribution is 2.40. The summed E-state index contributed by atoms with van der Waals surface area (Å²) in [6.45, 7) is 6.11. The van der Waals surface area contributed by atoms with Gasteiger partial charge in [0.1, 0.15) is 23.4 Å². The highest BCUT2D eigenvalue weighted by Gasteiger charge is 2.36. The molecule has 0 bridgehead atoms. The van der Waals surface area contributed by atoms with Gasteiger partial charge in [-0.15, -0.1) is 0 Å². The number of methoxy groups -OCH3 is 1. The number of imidazole rings is 1. The molecule has 0 fully saturated rings. The molecule has 4 aromatic rings. The summed E-state index contributed by atoms with van der Waals surface area (Å²) in [5.41, 5.74) is 1.60. The van der Waals surface area contributed by atoms with Crippen LogP contribution in [0.25, 0.3) is 5.69 Å². The van der Waals surface area contributed by atoms with E-state index in [-0.39, 0.29) is 29.3 Å². The zero-order valence-electron chi connectivity index (χ0n) is 29.6. The van der Waals surface area contributed by atoms with Crippen LogP contribution in [0.5, 0.6) is 5.75 Å². The van der Waals surface area contributed by atoms with Crippen molar-refractivity contribution in [2.24, 2.45) is 0 Å². The maximum Gasteiger partial charge on any atom is 0.322 e. The van der Waals surface area contributed by atoms with Crippen LogP contribution in [0.3, 0.4) is 0 Å². The third kappa shape index (κ3) is 9.24.